The van der Waals surface area contributed by atoms with Crippen LogP contribution < -0.4 is 0 Å². The van der Waals surface area contributed by atoms with Crippen LogP contribution in [0.25, 0.3) is 0 Å². The Bertz CT molecular complexity index is 182. The van der Waals surface area contributed by atoms with Crippen molar-refractivity contribution in [1.82, 2.24) is 0 Å². The fraction of sp³-hybridized carbons (Fsp3) is 1.00. The van der Waals surface area contributed by atoms with E-state index in [-0.39, 0.29) is 6.10 Å². The first-order valence-electron chi connectivity index (χ1n) is 7.86. The SMILES string of the molecule is CCC.CCC(C)CC(C)OC1CCCC(O)C1. The monoisotopic (exact) mass is 258 g/mol. The van der Waals surface area contributed by atoms with E-state index in [1.165, 1.54) is 12.8 Å². The van der Waals surface area contributed by atoms with Gasteiger partial charge in [-0.05, 0) is 44.9 Å². The van der Waals surface area contributed by atoms with Gasteiger partial charge in [-0.3, -0.25) is 0 Å². The van der Waals surface area contributed by atoms with Crippen molar-refractivity contribution in [1.29, 1.82) is 0 Å². The first-order chi connectivity index (χ1) is 8.53. The van der Waals surface area contributed by atoms with Crippen LogP contribution >= 0.6 is 0 Å². The molecule has 0 aromatic carbocycles. The summed E-state index contributed by atoms with van der Waals surface area (Å²) < 4.78 is 5.97. The number of hydrogen-bond donors (Lipinski definition) is 1. The molecule has 0 radical (unpaired) electrons. The van der Waals surface area contributed by atoms with Gasteiger partial charge < -0.3 is 9.84 Å². The highest BCUT2D eigenvalue weighted by molar-refractivity contribution is 4.73. The first kappa shape index (κ1) is 17.9. The van der Waals surface area contributed by atoms with Crippen LogP contribution in [0, 0.1) is 5.92 Å². The molecule has 1 fully saturated rings. The van der Waals surface area contributed by atoms with Crippen molar-refractivity contribution in [2.75, 3.05) is 0 Å². The largest absolute Gasteiger partial charge is 0.393 e. The van der Waals surface area contributed by atoms with E-state index in [0.29, 0.717) is 12.2 Å². The van der Waals surface area contributed by atoms with E-state index in [1.54, 1.807) is 0 Å². The molecule has 1 aliphatic rings. The number of hydrogen-bond acceptors (Lipinski definition) is 2. The predicted molar refractivity (Wildman–Crippen MR) is 78.8 cm³/mol. The Kier molecular flexibility index (Phi) is 10.8. The lowest BCUT2D eigenvalue weighted by Gasteiger charge is -2.29. The summed E-state index contributed by atoms with van der Waals surface area (Å²) >= 11 is 0. The van der Waals surface area contributed by atoms with Gasteiger partial charge in [0.1, 0.15) is 0 Å². The fourth-order valence-electron chi connectivity index (χ4n) is 2.36. The number of ether oxygens (including phenoxy) is 1. The first-order valence-corrected chi connectivity index (χ1v) is 7.86. The Morgan fingerprint density at radius 3 is 2.28 bits per heavy atom. The van der Waals surface area contributed by atoms with Gasteiger partial charge in [0.05, 0.1) is 18.3 Å². The van der Waals surface area contributed by atoms with Crippen LogP contribution in [-0.4, -0.2) is 23.4 Å². The van der Waals surface area contributed by atoms with Crippen LogP contribution in [0.15, 0.2) is 0 Å². The highest BCUT2D eigenvalue weighted by Gasteiger charge is 2.22. The summed E-state index contributed by atoms with van der Waals surface area (Å²) in [4.78, 5) is 0. The van der Waals surface area contributed by atoms with Crippen LogP contribution in [0.3, 0.4) is 0 Å². The van der Waals surface area contributed by atoms with E-state index >= 15 is 0 Å². The Hall–Kier alpha value is -0.0800. The maximum Gasteiger partial charge on any atom is 0.0603 e. The topological polar surface area (TPSA) is 29.5 Å². The van der Waals surface area contributed by atoms with Crippen molar-refractivity contribution in [3.05, 3.63) is 0 Å². The summed E-state index contributed by atoms with van der Waals surface area (Å²) in [7, 11) is 0. The van der Waals surface area contributed by atoms with Crippen molar-refractivity contribution in [2.45, 2.75) is 97.9 Å². The normalized spacial score (nSPS) is 27.0. The lowest BCUT2D eigenvalue weighted by atomic mass is 9.94. The zero-order valence-corrected chi connectivity index (χ0v) is 13.1. The highest BCUT2D eigenvalue weighted by atomic mass is 16.5. The van der Waals surface area contributed by atoms with Crippen LogP contribution in [0.2, 0.25) is 0 Å². The lowest BCUT2D eigenvalue weighted by Crippen LogP contribution is -2.29. The van der Waals surface area contributed by atoms with Crippen molar-refractivity contribution >= 4 is 0 Å². The summed E-state index contributed by atoms with van der Waals surface area (Å²) in [6.45, 7) is 10.9. The predicted octanol–water partition coefficient (Wildman–Crippen LogP) is 4.55. The molecule has 0 heterocycles. The minimum atomic E-state index is -0.125. The molecule has 0 spiro atoms. The number of aliphatic hydroxyl groups is 1. The smallest absolute Gasteiger partial charge is 0.0603 e. The Labute approximate surface area is 114 Å². The van der Waals surface area contributed by atoms with Gasteiger partial charge in [-0.15, -0.1) is 0 Å². The molecular weight excluding hydrogens is 224 g/mol. The third-order valence-electron chi connectivity index (χ3n) is 3.45. The molecule has 0 aromatic rings. The number of aliphatic hydroxyl groups excluding tert-OH is 1. The van der Waals surface area contributed by atoms with E-state index in [0.717, 1.165) is 38.0 Å². The van der Waals surface area contributed by atoms with Gasteiger partial charge in [0.15, 0.2) is 0 Å². The quantitative estimate of drug-likeness (QED) is 0.784. The Morgan fingerprint density at radius 1 is 1.17 bits per heavy atom. The molecule has 110 valence electrons. The Morgan fingerprint density at radius 2 is 1.78 bits per heavy atom. The van der Waals surface area contributed by atoms with Crippen molar-refractivity contribution in [3.8, 4) is 0 Å². The van der Waals surface area contributed by atoms with Crippen molar-refractivity contribution in [2.24, 2.45) is 5.92 Å². The van der Waals surface area contributed by atoms with Crippen molar-refractivity contribution < 1.29 is 9.84 Å². The van der Waals surface area contributed by atoms with Crippen LogP contribution in [0.1, 0.15) is 79.6 Å². The molecule has 2 heteroatoms. The molecule has 1 saturated carbocycles. The second-order valence-corrected chi connectivity index (χ2v) is 5.85. The molecule has 4 atom stereocenters. The molecule has 1 aliphatic carbocycles. The Balaban J connectivity index is 0.000000873. The van der Waals surface area contributed by atoms with Crippen LogP contribution in [0.4, 0.5) is 0 Å². The molecular formula is C16H34O2. The average Bonchev–Trinajstić information content (AvgIpc) is 2.29. The van der Waals surface area contributed by atoms with Gasteiger partial charge in [-0.1, -0.05) is 40.5 Å². The van der Waals surface area contributed by atoms with Crippen LogP contribution in [-0.2, 0) is 4.74 Å². The molecule has 0 saturated heterocycles. The van der Waals surface area contributed by atoms with E-state index in [9.17, 15) is 5.11 Å². The minimum Gasteiger partial charge on any atom is -0.393 e. The van der Waals surface area contributed by atoms with Gasteiger partial charge in [-0.25, -0.2) is 0 Å². The van der Waals surface area contributed by atoms with E-state index < -0.39 is 0 Å². The summed E-state index contributed by atoms with van der Waals surface area (Å²) in [5.41, 5.74) is 0. The van der Waals surface area contributed by atoms with Gasteiger partial charge in [0, 0.05) is 0 Å². The zero-order valence-electron chi connectivity index (χ0n) is 13.1. The maximum absolute atomic E-state index is 9.54. The molecule has 1 N–H and O–H groups in total. The summed E-state index contributed by atoms with van der Waals surface area (Å²) in [5.74, 6) is 0.744. The van der Waals surface area contributed by atoms with Gasteiger partial charge in [0.25, 0.3) is 0 Å². The molecule has 0 bridgehead atoms. The molecule has 0 amide bonds. The van der Waals surface area contributed by atoms with E-state index in [4.69, 9.17) is 4.74 Å². The second-order valence-electron chi connectivity index (χ2n) is 5.85. The van der Waals surface area contributed by atoms with E-state index in [1.807, 2.05) is 0 Å². The third kappa shape index (κ3) is 8.93. The molecule has 4 unspecified atom stereocenters. The fourth-order valence-corrected chi connectivity index (χ4v) is 2.36. The molecule has 0 aromatic heterocycles. The highest BCUT2D eigenvalue weighted by Crippen LogP contribution is 2.23. The summed E-state index contributed by atoms with van der Waals surface area (Å²) in [6, 6.07) is 0. The summed E-state index contributed by atoms with van der Waals surface area (Å²) in [6.07, 6.45) is 8.17. The van der Waals surface area contributed by atoms with E-state index in [2.05, 4.69) is 34.6 Å². The standard InChI is InChI=1S/C13H26O2.C3H8/c1-4-10(2)8-11(3)15-13-7-5-6-12(14)9-13;1-3-2/h10-14H,4-9H2,1-3H3;3H2,1-2H3. The van der Waals surface area contributed by atoms with Crippen molar-refractivity contribution in [3.63, 3.8) is 0 Å². The second kappa shape index (κ2) is 10.8. The third-order valence-corrected chi connectivity index (χ3v) is 3.45. The minimum absolute atomic E-state index is 0.125. The maximum atomic E-state index is 9.54. The lowest BCUT2D eigenvalue weighted by molar-refractivity contribution is -0.0562. The molecule has 18 heavy (non-hydrogen) atoms. The van der Waals surface area contributed by atoms with Gasteiger partial charge >= 0.3 is 0 Å². The van der Waals surface area contributed by atoms with Gasteiger partial charge in [0.2, 0.25) is 0 Å². The molecule has 2 nitrogen and oxygen atoms in total. The zero-order chi connectivity index (χ0) is 14.0. The number of rotatable bonds is 5. The summed E-state index contributed by atoms with van der Waals surface area (Å²) in [5, 5.41) is 9.54. The molecule has 0 aliphatic heterocycles. The van der Waals surface area contributed by atoms with Crippen LogP contribution in [0.5, 0.6) is 0 Å². The molecule has 1 rings (SSSR count). The average molecular weight is 258 g/mol. The van der Waals surface area contributed by atoms with Gasteiger partial charge in [-0.2, -0.15) is 0 Å².